The normalized spacial score (nSPS) is 14.8. The molecule has 1 aliphatic carbocycles. The van der Waals surface area contributed by atoms with Gasteiger partial charge in [-0.3, -0.25) is 0 Å². The summed E-state index contributed by atoms with van der Waals surface area (Å²) in [6.07, 6.45) is 14.6. The second kappa shape index (κ2) is 30.6. The fraction of sp³-hybridized carbons (Fsp3) is 0.882. The van der Waals surface area contributed by atoms with Gasteiger partial charge in [-0.05, 0) is 39.3 Å². The summed E-state index contributed by atoms with van der Waals surface area (Å²) >= 11 is 0. The van der Waals surface area contributed by atoms with Crippen LogP contribution < -0.4 is 5.32 Å². The van der Waals surface area contributed by atoms with Crippen molar-refractivity contribution in [2.45, 2.75) is 79.6 Å². The molecular formula is C17H41NO. The third kappa shape index (κ3) is 27.0. The molecule has 0 fully saturated rings. The summed E-state index contributed by atoms with van der Waals surface area (Å²) in [5.41, 5.74) is 0. The Kier molecular flexibility index (Phi) is 43.6. The Morgan fingerprint density at radius 3 is 1.89 bits per heavy atom. The highest BCUT2D eigenvalue weighted by molar-refractivity contribution is 4.95. The van der Waals surface area contributed by atoms with Crippen molar-refractivity contribution < 1.29 is 5.48 Å². The van der Waals surface area contributed by atoms with Crippen molar-refractivity contribution in [3.05, 3.63) is 12.2 Å². The van der Waals surface area contributed by atoms with Gasteiger partial charge in [0.15, 0.2) is 0 Å². The summed E-state index contributed by atoms with van der Waals surface area (Å²) in [7, 11) is 3.75. The number of nitrogens with one attached hydrogen (secondary N) is 1. The van der Waals surface area contributed by atoms with E-state index >= 15 is 0 Å². The Hall–Kier alpha value is -0.340. The fourth-order valence-corrected chi connectivity index (χ4v) is 1.77. The summed E-state index contributed by atoms with van der Waals surface area (Å²) in [6.45, 7) is 10.3. The molecule has 0 heterocycles. The molecule has 19 heavy (non-hydrogen) atoms. The Labute approximate surface area is 123 Å². The highest BCUT2D eigenvalue weighted by Gasteiger charge is 2.07. The van der Waals surface area contributed by atoms with Gasteiger partial charge in [0.25, 0.3) is 0 Å². The molecule has 1 rings (SSSR count). The lowest BCUT2D eigenvalue weighted by atomic mass is 10.0. The van der Waals surface area contributed by atoms with Gasteiger partial charge in [0.1, 0.15) is 0 Å². The maximum Gasteiger partial charge on any atom is -0.0167 e. The largest absolute Gasteiger partial charge is 0.412 e. The number of rotatable bonds is 5. The van der Waals surface area contributed by atoms with Crippen LogP contribution in [0.3, 0.4) is 0 Å². The molecule has 2 nitrogen and oxygen atoms in total. The summed E-state index contributed by atoms with van der Waals surface area (Å²) in [6, 6.07) is 0. The zero-order chi connectivity index (χ0) is 14.6. The van der Waals surface area contributed by atoms with Crippen LogP contribution in [0.2, 0.25) is 0 Å². The van der Waals surface area contributed by atoms with Gasteiger partial charge >= 0.3 is 0 Å². The van der Waals surface area contributed by atoms with E-state index in [1.165, 1.54) is 44.9 Å². The molecule has 0 bridgehead atoms. The Morgan fingerprint density at radius 2 is 1.53 bits per heavy atom. The Bertz CT molecular complexity index is 135. The highest BCUT2D eigenvalue weighted by Crippen LogP contribution is 2.22. The predicted octanol–water partition coefficient (Wildman–Crippen LogP) is 4.99. The number of hydrogen-bond acceptors (Lipinski definition) is 1. The summed E-state index contributed by atoms with van der Waals surface area (Å²) in [4.78, 5) is 0. The molecule has 1 aliphatic rings. The Balaban J connectivity index is -0.000000121. The molecule has 1 unspecified atom stereocenters. The molecule has 1 atom stereocenters. The van der Waals surface area contributed by atoms with Gasteiger partial charge in [-0.1, -0.05) is 72.5 Å². The van der Waals surface area contributed by atoms with Gasteiger partial charge in [-0.2, -0.15) is 0 Å². The zero-order valence-electron chi connectivity index (χ0n) is 14.7. The molecular weight excluding hydrogens is 234 g/mol. The molecule has 0 aromatic heterocycles. The standard InChI is InChI=1S/C11H20.C2H7N.2C2H6.H2O/c1-2-3-4-5-8-11-9-6-7-10-11;1-3-2;2*1-2;/h6,9,11H,2-5,7-8,10H2,1H3;3H,1-2H3;2*1-2H3;1H2. The molecule has 0 radical (unpaired) electrons. The van der Waals surface area contributed by atoms with Crippen LogP contribution in [0.1, 0.15) is 79.6 Å². The van der Waals surface area contributed by atoms with Crippen LogP contribution >= 0.6 is 0 Å². The van der Waals surface area contributed by atoms with Gasteiger partial charge < -0.3 is 10.8 Å². The lowest BCUT2D eigenvalue weighted by molar-refractivity contribution is 0.523. The molecule has 0 aliphatic heterocycles. The van der Waals surface area contributed by atoms with Crippen LogP contribution in [0.15, 0.2) is 12.2 Å². The van der Waals surface area contributed by atoms with E-state index in [1.807, 2.05) is 41.8 Å². The van der Waals surface area contributed by atoms with E-state index in [9.17, 15) is 0 Å². The molecule has 120 valence electrons. The van der Waals surface area contributed by atoms with E-state index < -0.39 is 0 Å². The zero-order valence-corrected chi connectivity index (χ0v) is 14.7. The summed E-state index contributed by atoms with van der Waals surface area (Å²) in [5, 5.41) is 2.75. The minimum Gasteiger partial charge on any atom is -0.412 e. The first-order valence-corrected chi connectivity index (χ1v) is 8.10. The lowest BCUT2D eigenvalue weighted by Crippen LogP contribution is -1.90. The van der Waals surface area contributed by atoms with Crippen molar-refractivity contribution >= 4 is 0 Å². The molecule has 0 aromatic carbocycles. The van der Waals surface area contributed by atoms with Crippen molar-refractivity contribution in [3.63, 3.8) is 0 Å². The molecule has 0 saturated heterocycles. The first-order valence-electron chi connectivity index (χ1n) is 8.10. The topological polar surface area (TPSA) is 43.5 Å². The first kappa shape index (κ1) is 27.1. The van der Waals surface area contributed by atoms with Crippen LogP contribution in [0, 0.1) is 5.92 Å². The third-order valence-corrected chi connectivity index (χ3v) is 2.54. The monoisotopic (exact) mass is 275 g/mol. The third-order valence-electron chi connectivity index (χ3n) is 2.54. The van der Waals surface area contributed by atoms with Gasteiger partial charge in [0, 0.05) is 0 Å². The lowest BCUT2D eigenvalue weighted by Gasteiger charge is -2.05. The van der Waals surface area contributed by atoms with Crippen LogP contribution in [-0.4, -0.2) is 19.6 Å². The molecule has 3 N–H and O–H groups in total. The highest BCUT2D eigenvalue weighted by atomic mass is 16.0. The van der Waals surface area contributed by atoms with Gasteiger partial charge in [-0.15, -0.1) is 0 Å². The minimum absolute atomic E-state index is 0. The summed E-state index contributed by atoms with van der Waals surface area (Å²) in [5.74, 6) is 0.937. The van der Waals surface area contributed by atoms with Crippen LogP contribution in [0.5, 0.6) is 0 Å². The molecule has 0 aromatic rings. The van der Waals surface area contributed by atoms with Crippen molar-refractivity contribution in [1.29, 1.82) is 0 Å². The van der Waals surface area contributed by atoms with Crippen LogP contribution in [-0.2, 0) is 0 Å². The van der Waals surface area contributed by atoms with Crippen molar-refractivity contribution in [2.75, 3.05) is 14.1 Å². The number of allylic oxidation sites excluding steroid dienone is 2. The average Bonchev–Trinajstić information content (AvgIpc) is 2.94. The molecule has 0 spiro atoms. The molecule has 0 amide bonds. The second-order valence-corrected chi connectivity index (χ2v) is 4.11. The van der Waals surface area contributed by atoms with Crippen molar-refractivity contribution in [2.24, 2.45) is 5.92 Å². The van der Waals surface area contributed by atoms with Crippen molar-refractivity contribution in [1.82, 2.24) is 5.32 Å². The maximum atomic E-state index is 2.75. The van der Waals surface area contributed by atoms with E-state index in [4.69, 9.17) is 0 Å². The van der Waals surface area contributed by atoms with E-state index in [0.29, 0.717) is 0 Å². The van der Waals surface area contributed by atoms with Crippen LogP contribution in [0.4, 0.5) is 0 Å². The van der Waals surface area contributed by atoms with Gasteiger partial charge in [0.05, 0.1) is 0 Å². The van der Waals surface area contributed by atoms with Gasteiger partial charge in [0.2, 0.25) is 0 Å². The fourth-order valence-electron chi connectivity index (χ4n) is 1.77. The van der Waals surface area contributed by atoms with Crippen LogP contribution in [0.25, 0.3) is 0 Å². The molecule has 0 saturated carbocycles. The maximum absolute atomic E-state index is 2.75. The summed E-state index contributed by atoms with van der Waals surface area (Å²) < 4.78 is 0. The number of hydrogen-bond donors (Lipinski definition) is 1. The van der Waals surface area contributed by atoms with E-state index in [0.717, 1.165) is 5.92 Å². The quantitative estimate of drug-likeness (QED) is 0.557. The van der Waals surface area contributed by atoms with E-state index in [1.54, 1.807) is 0 Å². The predicted molar refractivity (Wildman–Crippen MR) is 91.9 cm³/mol. The Morgan fingerprint density at radius 1 is 1.00 bits per heavy atom. The smallest absolute Gasteiger partial charge is 0.0167 e. The van der Waals surface area contributed by atoms with Gasteiger partial charge in [-0.25, -0.2) is 0 Å². The average molecular weight is 276 g/mol. The number of unbranched alkanes of at least 4 members (excludes halogenated alkanes) is 3. The first-order chi connectivity index (χ1) is 8.85. The van der Waals surface area contributed by atoms with E-state index in [2.05, 4.69) is 24.4 Å². The minimum atomic E-state index is 0. The van der Waals surface area contributed by atoms with Crippen molar-refractivity contribution in [3.8, 4) is 0 Å². The SMILES string of the molecule is CC.CC.CCCCCCC1C=CCC1.CNC.O. The molecule has 2 heteroatoms. The second-order valence-electron chi connectivity index (χ2n) is 4.11. The van der Waals surface area contributed by atoms with E-state index in [-0.39, 0.29) is 5.48 Å².